The van der Waals surface area contributed by atoms with Gasteiger partial charge in [0.2, 0.25) is 0 Å². The smallest absolute Gasteiger partial charge is 0.133 e. The van der Waals surface area contributed by atoms with Gasteiger partial charge in [0.1, 0.15) is 17.3 Å². The molecule has 2 nitrogen and oxygen atoms in total. The lowest BCUT2D eigenvalue weighted by Crippen LogP contribution is -2.19. The molecule has 0 aliphatic rings. The molecule has 0 spiro atoms. The lowest BCUT2D eigenvalue weighted by atomic mass is 10.1. The van der Waals surface area contributed by atoms with Crippen molar-refractivity contribution in [3.05, 3.63) is 57.8 Å². The lowest BCUT2D eigenvalue weighted by molar-refractivity contribution is 0.460. The molecule has 0 amide bonds. The number of nitrogens with two attached hydrogens (primary N) is 1. The molecule has 0 aliphatic carbocycles. The molecular weight excluding hydrogens is 321 g/mol. The summed E-state index contributed by atoms with van der Waals surface area (Å²) < 4.78 is 20.8. The molecule has 0 aromatic heterocycles. The van der Waals surface area contributed by atoms with E-state index in [0.717, 1.165) is 10.0 Å². The number of benzene rings is 2. The second-order valence-corrected chi connectivity index (χ2v) is 5.83. The number of rotatable bonds is 4. The maximum Gasteiger partial charge on any atom is 0.133 e. The Labute approximate surface area is 126 Å². The van der Waals surface area contributed by atoms with Crippen LogP contribution < -0.4 is 10.5 Å². The molecule has 0 saturated carbocycles. The van der Waals surface area contributed by atoms with Crippen LogP contribution in [0.15, 0.2) is 40.9 Å². The fraction of sp³-hybridized carbons (Fsp3) is 0.250. The summed E-state index contributed by atoms with van der Waals surface area (Å²) in [5.41, 5.74) is 7.28. The van der Waals surface area contributed by atoms with E-state index in [1.807, 2.05) is 32.0 Å². The Morgan fingerprint density at radius 3 is 2.65 bits per heavy atom. The van der Waals surface area contributed by atoms with E-state index >= 15 is 0 Å². The van der Waals surface area contributed by atoms with Crippen LogP contribution in [0.4, 0.5) is 4.39 Å². The normalized spacial score (nSPS) is 12.2. The second-order valence-electron chi connectivity index (χ2n) is 4.91. The Balaban J connectivity index is 2.35. The molecular formula is C16H17BrFNO. The molecule has 4 heteroatoms. The first kappa shape index (κ1) is 15.0. The molecule has 20 heavy (non-hydrogen) atoms. The molecule has 0 bridgehead atoms. The zero-order valence-electron chi connectivity index (χ0n) is 11.5. The maximum absolute atomic E-state index is 13.9. The van der Waals surface area contributed by atoms with Gasteiger partial charge >= 0.3 is 0 Å². The molecule has 0 aliphatic heterocycles. The van der Waals surface area contributed by atoms with Crippen molar-refractivity contribution in [2.45, 2.75) is 26.3 Å². The SMILES string of the molecule is Cc1cc(Br)ccc1Oc1cccc(F)c1CC(C)N. The van der Waals surface area contributed by atoms with E-state index in [1.165, 1.54) is 6.07 Å². The van der Waals surface area contributed by atoms with E-state index in [0.29, 0.717) is 23.5 Å². The first-order valence-corrected chi connectivity index (χ1v) is 7.23. The van der Waals surface area contributed by atoms with Gasteiger partial charge in [-0.3, -0.25) is 0 Å². The van der Waals surface area contributed by atoms with Gasteiger partial charge in [-0.25, -0.2) is 4.39 Å². The van der Waals surface area contributed by atoms with Crippen molar-refractivity contribution in [2.75, 3.05) is 0 Å². The third kappa shape index (κ3) is 3.58. The summed E-state index contributed by atoms with van der Waals surface area (Å²) in [6.07, 6.45) is 0.442. The van der Waals surface area contributed by atoms with Gasteiger partial charge in [-0.1, -0.05) is 22.0 Å². The molecule has 1 atom stereocenters. The fourth-order valence-electron chi connectivity index (χ4n) is 2.00. The summed E-state index contributed by atoms with van der Waals surface area (Å²) in [5.74, 6) is 0.951. The summed E-state index contributed by atoms with van der Waals surface area (Å²) in [7, 11) is 0. The van der Waals surface area contributed by atoms with E-state index in [2.05, 4.69) is 15.9 Å². The average molecular weight is 338 g/mol. The first-order chi connectivity index (χ1) is 9.47. The highest BCUT2D eigenvalue weighted by Crippen LogP contribution is 2.31. The van der Waals surface area contributed by atoms with Crippen LogP contribution in [0.1, 0.15) is 18.1 Å². The van der Waals surface area contributed by atoms with Gasteiger partial charge in [0, 0.05) is 16.1 Å². The molecule has 2 aromatic rings. The number of ether oxygens (including phenoxy) is 1. The minimum absolute atomic E-state index is 0.125. The minimum atomic E-state index is -0.283. The first-order valence-electron chi connectivity index (χ1n) is 6.44. The van der Waals surface area contributed by atoms with E-state index in [-0.39, 0.29) is 11.9 Å². The van der Waals surface area contributed by atoms with Gasteiger partial charge in [-0.05, 0) is 56.2 Å². The molecule has 0 saturated heterocycles. The van der Waals surface area contributed by atoms with E-state index in [1.54, 1.807) is 12.1 Å². The Morgan fingerprint density at radius 2 is 2.00 bits per heavy atom. The third-order valence-corrected chi connectivity index (χ3v) is 3.45. The molecule has 0 heterocycles. The average Bonchev–Trinajstić information content (AvgIpc) is 2.36. The highest BCUT2D eigenvalue weighted by molar-refractivity contribution is 9.10. The number of hydrogen-bond donors (Lipinski definition) is 1. The van der Waals surface area contributed by atoms with E-state index in [9.17, 15) is 4.39 Å². The molecule has 2 N–H and O–H groups in total. The molecule has 2 aromatic carbocycles. The molecule has 0 fully saturated rings. The van der Waals surface area contributed by atoms with Crippen molar-refractivity contribution in [3.8, 4) is 11.5 Å². The summed E-state index contributed by atoms with van der Waals surface area (Å²) in [6, 6.07) is 10.4. The summed E-state index contributed by atoms with van der Waals surface area (Å²) in [4.78, 5) is 0. The van der Waals surface area contributed by atoms with Gasteiger partial charge in [0.15, 0.2) is 0 Å². The molecule has 2 rings (SSSR count). The standard InChI is InChI=1S/C16H17BrFNO/c1-10-8-12(17)6-7-15(10)20-16-5-3-4-14(18)13(16)9-11(2)19/h3-8,11H,9,19H2,1-2H3. The van der Waals surface area contributed by atoms with Crippen molar-refractivity contribution < 1.29 is 9.13 Å². The monoisotopic (exact) mass is 337 g/mol. The minimum Gasteiger partial charge on any atom is -0.457 e. The van der Waals surface area contributed by atoms with Crippen LogP contribution in [-0.2, 0) is 6.42 Å². The number of hydrogen-bond acceptors (Lipinski definition) is 2. The van der Waals surface area contributed by atoms with Crippen molar-refractivity contribution >= 4 is 15.9 Å². The largest absolute Gasteiger partial charge is 0.457 e. The van der Waals surface area contributed by atoms with Crippen LogP contribution in [0.5, 0.6) is 11.5 Å². The zero-order chi connectivity index (χ0) is 14.7. The van der Waals surface area contributed by atoms with Gasteiger partial charge in [0.05, 0.1) is 0 Å². The van der Waals surface area contributed by atoms with Crippen LogP contribution in [0.3, 0.4) is 0 Å². The summed E-state index contributed by atoms with van der Waals surface area (Å²) >= 11 is 3.41. The van der Waals surface area contributed by atoms with Gasteiger partial charge in [0.25, 0.3) is 0 Å². The predicted molar refractivity (Wildman–Crippen MR) is 82.7 cm³/mol. The van der Waals surface area contributed by atoms with Gasteiger partial charge in [-0.15, -0.1) is 0 Å². The third-order valence-electron chi connectivity index (χ3n) is 2.96. The predicted octanol–water partition coefficient (Wildman–Crippen LogP) is 4.58. The number of halogens is 2. The lowest BCUT2D eigenvalue weighted by Gasteiger charge is -2.15. The van der Waals surface area contributed by atoms with Crippen molar-refractivity contribution in [3.63, 3.8) is 0 Å². The van der Waals surface area contributed by atoms with Gasteiger partial charge in [-0.2, -0.15) is 0 Å². The quantitative estimate of drug-likeness (QED) is 0.886. The van der Waals surface area contributed by atoms with Crippen LogP contribution in [-0.4, -0.2) is 6.04 Å². The summed E-state index contributed by atoms with van der Waals surface area (Å²) in [5, 5.41) is 0. The van der Waals surface area contributed by atoms with Crippen molar-refractivity contribution in [1.29, 1.82) is 0 Å². The zero-order valence-corrected chi connectivity index (χ0v) is 13.1. The fourth-order valence-corrected chi connectivity index (χ4v) is 2.48. The highest BCUT2D eigenvalue weighted by atomic mass is 79.9. The van der Waals surface area contributed by atoms with E-state index < -0.39 is 0 Å². The molecule has 1 unspecified atom stereocenters. The van der Waals surface area contributed by atoms with Crippen molar-refractivity contribution in [2.24, 2.45) is 5.73 Å². The van der Waals surface area contributed by atoms with E-state index in [4.69, 9.17) is 10.5 Å². The second kappa shape index (κ2) is 6.37. The molecule has 0 radical (unpaired) electrons. The van der Waals surface area contributed by atoms with Gasteiger partial charge < -0.3 is 10.5 Å². The molecule has 106 valence electrons. The Kier molecular flexibility index (Phi) is 4.78. The van der Waals surface area contributed by atoms with Crippen LogP contribution in [0.2, 0.25) is 0 Å². The topological polar surface area (TPSA) is 35.2 Å². The number of aryl methyl sites for hydroxylation is 1. The Bertz CT molecular complexity index is 613. The highest BCUT2D eigenvalue weighted by Gasteiger charge is 2.13. The Hall–Kier alpha value is -1.39. The summed E-state index contributed by atoms with van der Waals surface area (Å²) in [6.45, 7) is 3.80. The van der Waals surface area contributed by atoms with Crippen LogP contribution >= 0.6 is 15.9 Å². The van der Waals surface area contributed by atoms with Crippen LogP contribution in [0.25, 0.3) is 0 Å². The van der Waals surface area contributed by atoms with Crippen LogP contribution in [0, 0.1) is 12.7 Å². The maximum atomic E-state index is 13.9. The Morgan fingerprint density at radius 1 is 1.25 bits per heavy atom. The van der Waals surface area contributed by atoms with Crippen molar-refractivity contribution in [1.82, 2.24) is 0 Å².